The number of hydrogen-bond acceptors (Lipinski definition) is 3. The number of nitrogens with one attached hydrogen (secondary N) is 1. The number of hydrogen-bond donors (Lipinski definition) is 1. The van der Waals surface area contributed by atoms with Crippen LogP contribution in [0.15, 0.2) is 54.7 Å². The zero-order chi connectivity index (χ0) is 18.8. The molecule has 6 heteroatoms. The lowest BCUT2D eigenvalue weighted by Crippen LogP contribution is -2.21. The Morgan fingerprint density at radius 3 is 2.39 bits per heavy atom. The maximum Gasteiger partial charge on any atom is 0.163 e. The third kappa shape index (κ3) is 3.86. The molecule has 3 aromatic rings. The monoisotopic (exact) mass is 418 g/mol. The topological polar surface area (TPSA) is 35.4 Å². The normalized spacial score (nSPS) is 15.0. The number of halogens is 2. The smallest absolute Gasteiger partial charge is 0.163 e. The summed E-state index contributed by atoms with van der Waals surface area (Å²) in [5.74, 6) is 1.57. The van der Waals surface area contributed by atoms with Gasteiger partial charge < -0.3 is 19.4 Å². The van der Waals surface area contributed by atoms with Crippen LogP contribution in [0.25, 0.3) is 5.69 Å². The van der Waals surface area contributed by atoms with Gasteiger partial charge in [0.25, 0.3) is 0 Å². The Bertz CT molecular complexity index is 938. The van der Waals surface area contributed by atoms with Crippen molar-refractivity contribution in [1.82, 2.24) is 9.88 Å². The highest BCUT2D eigenvalue weighted by atomic mass is 35.5. The maximum absolute atomic E-state index is 6.08. The van der Waals surface area contributed by atoms with E-state index >= 15 is 0 Å². The third-order valence-corrected chi connectivity index (χ3v) is 5.03. The van der Waals surface area contributed by atoms with Gasteiger partial charge in [-0.05, 0) is 55.3 Å². The van der Waals surface area contributed by atoms with E-state index in [4.69, 9.17) is 21.1 Å². The fourth-order valence-electron chi connectivity index (χ4n) is 3.60. The molecular weight excluding hydrogens is 395 g/mol. The number of rotatable bonds is 5. The van der Waals surface area contributed by atoms with Crippen LogP contribution in [-0.4, -0.2) is 17.8 Å². The molecule has 1 aliphatic heterocycles. The van der Waals surface area contributed by atoms with Crippen LogP contribution in [0.5, 0.6) is 11.5 Å². The van der Waals surface area contributed by atoms with E-state index in [0.29, 0.717) is 13.2 Å². The Balaban J connectivity index is 0.00000225. The van der Waals surface area contributed by atoms with E-state index in [1.807, 2.05) is 26.0 Å². The molecule has 1 atom stereocenters. The lowest BCUT2D eigenvalue weighted by atomic mass is 10.0. The van der Waals surface area contributed by atoms with E-state index in [1.54, 1.807) is 0 Å². The van der Waals surface area contributed by atoms with Gasteiger partial charge in [0.05, 0.1) is 24.9 Å². The molecule has 0 spiro atoms. The average Bonchev–Trinajstić information content (AvgIpc) is 3.09. The maximum atomic E-state index is 6.08. The lowest BCUT2D eigenvalue weighted by molar-refractivity contribution is 0.287. The first kappa shape index (κ1) is 20.6. The summed E-state index contributed by atoms with van der Waals surface area (Å²) in [4.78, 5) is 0. The molecule has 148 valence electrons. The van der Waals surface area contributed by atoms with Gasteiger partial charge in [-0.1, -0.05) is 23.7 Å². The number of aromatic nitrogens is 1. The standard InChI is InChI=1S/C22H23ClN2O2.ClH/c1-3-26-20-12-16-14-24-22(15-7-9-17(23)10-8-15)18-6-5-11-25(18)19(16)13-21(20)27-4-2;/h5-13,22,24H,3-4,14H2,1-2H3;1H. The van der Waals surface area contributed by atoms with Crippen molar-refractivity contribution < 1.29 is 9.47 Å². The van der Waals surface area contributed by atoms with Crippen molar-refractivity contribution in [1.29, 1.82) is 0 Å². The summed E-state index contributed by atoms with van der Waals surface area (Å²) in [5.41, 5.74) is 4.66. The van der Waals surface area contributed by atoms with Crippen molar-refractivity contribution >= 4 is 24.0 Å². The summed E-state index contributed by atoms with van der Waals surface area (Å²) in [7, 11) is 0. The van der Waals surface area contributed by atoms with Gasteiger partial charge >= 0.3 is 0 Å². The molecule has 2 heterocycles. The molecule has 4 nitrogen and oxygen atoms in total. The summed E-state index contributed by atoms with van der Waals surface area (Å²) < 4.78 is 13.9. The van der Waals surface area contributed by atoms with E-state index in [1.165, 1.54) is 16.8 Å². The second-order valence-corrected chi connectivity index (χ2v) is 6.90. The Hall–Kier alpha value is -2.14. The molecule has 0 bridgehead atoms. The highest BCUT2D eigenvalue weighted by Gasteiger charge is 2.24. The molecular formula is C22H24Cl2N2O2. The average molecular weight is 419 g/mol. The van der Waals surface area contributed by atoms with Gasteiger partial charge in [0.15, 0.2) is 11.5 Å². The van der Waals surface area contributed by atoms with E-state index in [2.05, 4.69) is 52.5 Å². The van der Waals surface area contributed by atoms with Crippen LogP contribution < -0.4 is 14.8 Å². The molecule has 0 saturated carbocycles. The van der Waals surface area contributed by atoms with Crippen LogP contribution >= 0.6 is 24.0 Å². The van der Waals surface area contributed by atoms with Crippen LogP contribution in [0.3, 0.4) is 0 Å². The number of fused-ring (bicyclic) bond motifs is 3. The second-order valence-electron chi connectivity index (χ2n) is 6.46. The minimum absolute atomic E-state index is 0. The van der Waals surface area contributed by atoms with Crippen molar-refractivity contribution in [2.75, 3.05) is 13.2 Å². The first-order chi connectivity index (χ1) is 13.2. The Kier molecular flexibility index (Phi) is 6.55. The Morgan fingerprint density at radius 1 is 1.04 bits per heavy atom. The van der Waals surface area contributed by atoms with Crippen molar-refractivity contribution in [3.63, 3.8) is 0 Å². The first-order valence-corrected chi connectivity index (χ1v) is 9.68. The number of benzene rings is 2. The van der Waals surface area contributed by atoms with Crippen molar-refractivity contribution in [2.45, 2.75) is 26.4 Å². The fourth-order valence-corrected chi connectivity index (χ4v) is 3.73. The predicted octanol–water partition coefficient (Wildman–Crippen LogP) is 5.54. The molecule has 0 fully saturated rings. The molecule has 1 unspecified atom stereocenters. The van der Waals surface area contributed by atoms with Crippen LogP contribution in [0.4, 0.5) is 0 Å². The van der Waals surface area contributed by atoms with E-state index in [0.717, 1.165) is 28.8 Å². The molecule has 0 radical (unpaired) electrons. The molecule has 4 rings (SSSR count). The van der Waals surface area contributed by atoms with Crippen LogP contribution in [0, 0.1) is 0 Å². The van der Waals surface area contributed by atoms with Crippen LogP contribution in [-0.2, 0) is 6.54 Å². The van der Waals surface area contributed by atoms with Gasteiger partial charge in [-0.2, -0.15) is 0 Å². The minimum Gasteiger partial charge on any atom is -0.490 e. The summed E-state index contributed by atoms with van der Waals surface area (Å²) in [6, 6.07) is 16.5. The predicted molar refractivity (Wildman–Crippen MR) is 115 cm³/mol. The van der Waals surface area contributed by atoms with E-state index in [9.17, 15) is 0 Å². The summed E-state index contributed by atoms with van der Waals surface area (Å²) >= 11 is 6.08. The highest BCUT2D eigenvalue weighted by molar-refractivity contribution is 6.30. The van der Waals surface area contributed by atoms with Gasteiger partial charge in [0.1, 0.15) is 0 Å². The quantitative estimate of drug-likeness (QED) is 0.590. The van der Waals surface area contributed by atoms with Crippen LogP contribution in [0.1, 0.15) is 36.7 Å². The lowest BCUT2D eigenvalue weighted by Gasteiger charge is -2.18. The highest BCUT2D eigenvalue weighted by Crippen LogP contribution is 2.37. The van der Waals surface area contributed by atoms with Gasteiger partial charge in [0, 0.05) is 29.5 Å². The molecule has 1 aromatic heterocycles. The van der Waals surface area contributed by atoms with E-state index in [-0.39, 0.29) is 18.4 Å². The summed E-state index contributed by atoms with van der Waals surface area (Å²) in [6.07, 6.45) is 2.10. The van der Waals surface area contributed by atoms with Gasteiger partial charge in [-0.3, -0.25) is 0 Å². The van der Waals surface area contributed by atoms with Crippen LogP contribution in [0.2, 0.25) is 5.02 Å². The zero-order valence-corrected chi connectivity index (χ0v) is 17.5. The molecule has 28 heavy (non-hydrogen) atoms. The van der Waals surface area contributed by atoms with Crippen molar-refractivity contribution in [2.24, 2.45) is 0 Å². The molecule has 0 aliphatic carbocycles. The van der Waals surface area contributed by atoms with Gasteiger partial charge in [-0.15, -0.1) is 12.4 Å². The Morgan fingerprint density at radius 2 is 1.71 bits per heavy atom. The SMILES string of the molecule is CCOc1cc2c(cc1OCC)-n1cccc1C(c1ccc(Cl)cc1)NC2.Cl. The molecule has 1 N–H and O–H groups in total. The fraction of sp³-hybridized carbons (Fsp3) is 0.273. The van der Waals surface area contributed by atoms with E-state index < -0.39 is 0 Å². The Labute approximate surface area is 176 Å². The largest absolute Gasteiger partial charge is 0.490 e. The second kappa shape index (κ2) is 8.91. The molecule has 1 aliphatic rings. The zero-order valence-electron chi connectivity index (χ0n) is 15.9. The van der Waals surface area contributed by atoms with Gasteiger partial charge in [0.2, 0.25) is 0 Å². The molecule has 0 amide bonds. The minimum atomic E-state index is 0. The van der Waals surface area contributed by atoms with Gasteiger partial charge in [-0.25, -0.2) is 0 Å². The third-order valence-electron chi connectivity index (χ3n) is 4.78. The van der Waals surface area contributed by atoms with Crippen molar-refractivity contribution in [3.8, 4) is 17.2 Å². The molecule has 2 aromatic carbocycles. The number of nitrogens with zero attached hydrogens (tertiary/aromatic N) is 1. The summed E-state index contributed by atoms with van der Waals surface area (Å²) in [5, 5.41) is 4.42. The van der Waals surface area contributed by atoms with Crippen molar-refractivity contribution in [3.05, 3.63) is 76.6 Å². The first-order valence-electron chi connectivity index (χ1n) is 9.30. The number of ether oxygens (including phenoxy) is 2. The summed E-state index contributed by atoms with van der Waals surface area (Å²) in [6.45, 7) is 5.91. The molecule has 0 saturated heterocycles.